The van der Waals surface area contributed by atoms with Crippen molar-refractivity contribution in [1.82, 2.24) is 15.0 Å². The lowest BCUT2D eigenvalue weighted by Gasteiger charge is -2.19. The number of amides is 1. The molecule has 1 aliphatic heterocycles. The molecule has 4 rings (SSSR count). The number of anilines is 4. The fourth-order valence-electron chi connectivity index (χ4n) is 3.83. The summed E-state index contributed by atoms with van der Waals surface area (Å²) in [5.74, 6) is -0.231. The van der Waals surface area contributed by atoms with Gasteiger partial charge in [0.25, 0.3) is 0 Å². The van der Waals surface area contributed by atoms with E-state index in [1.54, 1.807) is 17.0 Å². The summed E-state index contributed by atoms with van der Waals surface area (Å²) in [6, 6.07) is 15.0. The maximum absolute atomic E-state index is 12.7. The van der Waals surface area contributed by atoms with Gasteiger partial charge in [-0.15, -0.1) is 0 Å². The van der Waals surface area contributed by atoms with Gasteiger partial charge in [-0.25, -0.2) is 0 Å². The van der Waals surface area contributed by atoms with Gasteiger partial charge in [-0.2, -0.15) is 15.0 Å². The molecule has 176 valence electrons. The maximum atomic E-state index is 12.7. The van der Waals surface area contributed by atoms with Gasteiger partial charge in [0, 0.05) is 18.7 Å². The normalized spacial score (nSPS) is 15.3. The zero-order valence-electron chi connectivity index (χ0n) is 19.0. The van der Waals surface area contributed by atoms with E-state index in [0.29, 0.717) is 11.4 Å². The number of hydrogen-bond donors (Lipinski definition) is 2. The Morgan fingerprint density at radius 2 is 1.91 bits per heavy atom. The third-order valence-electron chi connectivity index (χ3n) is 5.52. The van der Waals surface area contributed by atoms with Crippen molar-refractivity contribution in [3.8, 4) is 5.75 Å². The summed E-state index contributed by atoms with van der Waals surface area (Å²) < 4.78 is 10.8. The number of nitrogens with one attached hydrogen (secondary N) is 1. The largest absolute Gasteiger partial charge is 0.495 e. The van der Waals surface area contributed by atoms with Crippen molar-refractivity contribution in [2.75, 3.05) is 29.6 Å². The van der Waals surface area contributed by atoms with Crippen molar-refractivity contribution in [3.63, 3.8) is 0 Å². The van der Waals surface area contributed by atoms with Crippen LogP contribution in [0.1, 0.15) is 24.7 Å². The Morgan fingerprint density at radius 1 is 1.15 bits per heavy atom. The van der Waals surface area contributed by atoms with E-state index in [9.17, 15) is 9.59 Å². The first-order valence-electron chi connectivity index (χ1n) is 10.9. The lowest BCUT2D eigenvalue weighted by atomic mass is 10.1. The summed E-state index contributed by atoms with van der Waals surface area (Å²) in [4.78, 5) is 39.3. The number of carbonyl (C=O) groups excluding carboxylic acids is 2. The van der Waals surface area contributed by atoms with Crippen LogP contribution in [0.25, 0.3) is 0 Å². The van der Waals surface area contributed by atoms with Crippen LogP contribution in [0.2, 0.25) is 0 Å². The van der Waals surface area contributed by atoms with Crippen molar-refractivity contribution in [1.29, 1.82) is 0 Å². The van der Waals surface area contributed by atoms with E-state index >= 15 is 0 Å². The highest BCUT2D eigenvalue weighted by Gasteiger charge is 2.37. The summed E-state index contributed by atoms with van der Waals surface area (Å²) in [6.07, 6.45) is 0.886. The molecule has 1 aromatic heterocycles. The number of nitrogens with two attached hydrogens (primary N) is 1. The van der Waals surface area contributed by atoms with E-state index < -0.39 is 11.9 Å². The molecule has 1 saturated heterocycles. The van der Waals surface area contributed by atoms with Gasteiger partial charge in [-0.1, -0.05) is 37.3 Å². The smallest absolute Gasteiger partial charge is 0.311 e. The number of hydrogen-bond acceptors (Lipinski definition) is 9. The molecule has 0 spiro atoms. The van der Waals surface area contributed by atoms with Gasteiger partial charge in [0.1, 0.15) is 5.75 Å². The summed E-state index contributed by atoms with van der Waals surface area (Å²) in [7, 11) is 1.54. The number of esters is 1. The number of nitrogen functional groups attached to an aromatic ring is 1. The Kier molecular flexibility index (Phi) is 6.86. The topological polar surface area (TPSA) is 133 Å². The standard InChI is InChI=1S/C24H26N6O4/c1-3-15-8-4-5-9-17(15)26-24-28-20(27-23(25)29-24)14-34-22(32)16-12-21(31)30(13-16)18-10-6-7-11-19(18)33-2/h4-11,16H,3,12-14H2,1-2H3,(H3,25,26,27,28,29)/t16-/m0/s1. The predicted octanol–water partition coefficient (Wildman–Crippen LogP) is 2.86. The van der Waals surface area contributed by atoms with Gasteiger partial charge < -0.3 is 25.4 Å². The van der Waals surface area contributed by atoms with Crippen molar-refractivity contribution in [3.05, 3.63) is 59.9 Å². The van der Waals surface area contributed by atoms with Crippen LogP contribution in [-0.2, 0) is 27.4 Å². The molecule has 0 unspecified atom stereocenters. The molecule has 1 aliphatic rings. The number of ether oxygens (including phenoxy) is 2. The van der Waals surface area contributed by atoms with Gasteiger partial charge in [-0.05, 0) is 30.2 Å². The summed E-state index contributed by atoms with van der Waals surface area (Å²) in [5.41, 5.74) is 8.42. The highest BCUT2D eigenvalue weighted by atomic mass is 16.5. The average Bonchev–Trinajstić information content (AvgIpc) is 3.24. The SMILES string of the molecule is CCc1ccccc1Nc1nc(N)nc(COC(=O)[C@H]2CC(=O)N(c3ccccc3OC)C2)n1. The Balaban J connectivity index is 1.41. The molecule has 34 heavy (non-hydrogen) atoms. The molecular weight excluding hydrogens is 436 g/mol. The van der Waals surface area contributed by atoms with E-state index in [-0.39, 0.29) is 43.2 Å². The molecule has 3 aromatic rings. The summed E-state index contributed by atoms with van der Waals surface area (Å²) >= 11 is 0. The maximum Gasteiger partial charge on any atom is 0.311 e. The fraction of sp³-hybridized carbons (Fsp3) is 0.292. The van der Waals surface area contributed by atoms with Crippen LogP contribution in [0.5, 0.6) is 5.75 Å². The highest BCUT2D eigenvalue weighted by molar-refractivity contribution is 6.00. The number of aromatic nitrogens is 3. The monoisotopic (exact) mass is 462 g/mol. The van der Waals surface area contributed by atoms with Crippen LogP contribution in [0.4, 0.5) is 23.3 Å². The minimum absolute atomic E-state index is 0.0101. The van der Waals surface area contributed by atoms with Gasteiger partial charge in [0.2, 0.25) is 17.8 Å². The minimum atomic E-state index is -0.606. The van der Waals surface area contributed by atoms with Crippen LogP contribution < -0.4 is 20.7 Å². The molecule has 1 atom stereocenters. The molecule has 0 radical (unpaired) electrons. The van der Waals surface area contributed by atoms with Crippen molar-refractivity contribution < 1.29 is 19.1 Å². The number of methoxy groups -OCH3 is 1. The summed E-state index contributed by atoms with van der Waals surface area (Å²) in [6.45, 7) is 2.07. The lowest BCUT2D eigenvalue weighted by molar-refractivity contribution is -0.149. The molecule has 3 N–H and O–H groups in total. The second-order valence-electron chi connectivity index (χ2n) is 7.75. The van der Waals surface area contributed by atoms with E-state index in [2.05, 4.69) is 27.2 Å². The summed E-state index contributed by atoms with van der Waals surface area (Å²) in [5, 5.41) is 3.14. The minimum Gasteiger partial charge on any atom is -0.495 e. The first-order chi connectivity index (χ1) is 16.5. The van der Waals surface area contributed by atoms with E-state index in [1.807, 2.05) is 36.4 Å². The first kappa shape index (κ1) is 23.0. The molecule has 1 fully saturated rings. The molecule has 0 aliphatic carbocycles. The fourth-order valence-corrected chi connectivity index (χ4v) is 3.83. The van der Waals surface area contributed by atoms with Crippen LogP contribution in [0, 0.1) is 5.92 Å². The molecule has 2 aromatic carbocycles. The highest BCUT2D eigenvalue weighted by Crippen LogP contribution is 2.33. The van der Waals surface area contributed by atoms with Gasteiger partial charge in [0.05, 0.1) is 18.7 Å². The van der Waals surface area contributed by atoms with Crippen LogP contribution in [-0.4, -0.2) is 40.5 Å². The number of rotatable bonds is 8. The van der Waals surface area contributed by atoms with Crippen LogP contribution >= 0.6 is 0 Å². The quantitative estimate of drug-likeness (QED) is 0.485. The zero-order chi connectivity index (χ0) is 24.1. The average molecular weight is 463 g/mol. The Hall–Kier alpha value is -4.21. The van der Waals surface area contributed by atoms with Crippen molar-refractivity contribution in [2.24, 2.45) is 5.92 Å². The van der Waals surface area contributed by atoms with Gasteiger partial charge in [-0.3, -0.25) is 9.59 Å². The number of benzene rings is 2. The van der Waals surface area contributed by atoms with Gasteiger partial charge in [0.15, 0.2) is 12.4 Å². The Bertz CT molecular complexity index is 1200. The predicted molar refractivity (Wildman–Crippen MR) is 127 cm³/mol. The molecule has 2 heterocycles. The zero-order valence-corrected chi connectivity index (χ0v) is 19.0. The molecular formula is C24H26N6O4. The molecule has 10 heteroatoms. The Labute approximate surface area is 197 Å². The second-order valence-corrected chi connectivity index (χ2v) is 7.75. The van der Waals surface area contributed by atoms with Crippen molar-refractivity contribution in [2.45, 2.75) is 26.4 Å². The Morgan fingerprint density at radius 3 is 2.71 bits per heavy atom. The molecule has 0 bridgehead atoms. The van der Waals surface area contributed by atoms with Crippen LogP contribution in [0.3, 0.4) is 0 Å². The number of aryl methyl sites for hydroxylation is 1. The van der Waals surface area contributed by atoms with Crippen molar-refractivity contribution >= 4 is 35.1 Å². The second kappa shape index (κ2) is 10.2. The molecule has 0 saturated carbocycles. The number of para-hydroxylation sites is 3. The third kappa shape index (κ3) is 5.06. The van der Waals surface area contributed by atoms with E-state index in [1.165, 1.54) is 7.11 Å². The first-order valence-corrected chi connectivity index (χ1v) is 10.9. The number of carbonyl (C=O) groups is 2. The van der Waals surface area contributed by atoms with E-state index in [0.717, 1.165) is 17.7 Å². The molecule has 10 nitrogen and oxygen atoms in total. The van der Waals surface area contributed by atoms with Crippen LogP contribution in [0.15, 0.2) is 48.5 Å². The molecule has 1 amide bonds. The van der Waals surface area contributed by atoms with E-state index in [4.69, 9.17) is 15.2 Å². The third-order valence-corrected chi connectivity index (χ3v) is 5.52. The van der Waals surface area contributed by atoms with Gasteiger partial charge >= 0.3 is 5.97 Å². The number of nitrogens with zero attached hydrogens (tertiary/aromatic N) is 4. The lowest BCUT2D eigenvalue weighted by Crippen LogP contribution is -2.27.